The first-order valence-corrected chi connectivity index (χ1v) is 8.70. The van der Waals surface area contributed by atoms with E-state index in [9.17, 15) is 23.2 Å². The summed E-state index contributed by atoms with van der Waals surface area (Å²) < 4.78 is 38.7. The van der Waals surface area contributed by atoms with Crippen LogP contribution in [0.15, 0.2) is 34.2 Å². The minimum atomic E-state index is -4.51. The van der Waals surface area contributed by atoms with Gasteiger partial charge in [0, 0.05) is 11.3 Å². The molecule has 1 N–H and O–H groups in total. The molecule has 0 atom stereocenters. The van der Waals surface area contributed by atoms with Crippen molar-refractivity contribution in [3.8, 4) is 17.3 Å². The van der Waals surface area contributed by atoms with Gasteiger partial charge < -0.3 is 4.98 Å². The molecule has 1 aromatic carbocycles. The van der Waals surface area contributed by atoms with Crippen molar-refractivity contribution in [3.63, 3.8) is 0 Å². The smallest absolute Gasteiger partial charge is 0.300 e. The van der Waals surface area contributed by atoms with E-state index >= 15 is 0 Å². The Labute approximate surface area is 147 Å². The first-order chi connectivity index (χ1) is 11.9. The van der Waals surface area contributed by atoms with Crippen molar-refractivity contribution >= 4 is 11.8 Å². The van der Waals surface area contributed by atoms with Gasteiger partial charge in [-0.1, -0.05) is 43.7 Å². The Morgan fingerprint density at radius 3 is 2.72 bits per heavy atom. The van der Waals surface area contributed by atoms with Crippen LogP contribution in [-0.4, -0.2) is 15.7 Å². The fourth-order valence-corrected chi connectivity index (χ4v) is 3.06. The second-order valence-corrected chi connectivity index (χ2v) is 6.42. The number of nitrogens with one attached hydrogen (secondary N) is 1. The molecule has 0 aliphatic rings. The van der Waals surface area contributed by atoms with Crippen LogP contribution < -0.4 is 5.56 Å². The third kappa shape index (κ3) is 4.86. The van der Waals surface area contributed by atoms with Gasteiger partial charge in [-0.3, -0.25) is 4.79 Å². The summed E-state index contributed by atoms with van der Waals surface area (Å²) in [5, 5.41) is 9.49. The molecule has 0 saturated heterocycles. The number of nitriles is 1. The van der Waals surface area contributed by atoms with Crippen LogP contribution in [0.3, 0.4) is 0 Å². The van der Waals surface area contributed by atoms with Gasteiger partial charge in [-0.2, -0.15) is 18.4 Å². The van der Waals surface area contributed by atoms with E-state index in [-0.39, 0.29) is 16.8 Å². The van der Waals surface area contributed by atoms with Gasteiger partial charge in [0.1, 0.15) is 11.6 Å². The molecule has 0 amide bonds. The number of hydrogen-bond acceptors (Lipinski definition) is 4. The predicted molar refractivity (Wildman–Crippen MR) is 90.3 cm³/mol. The first kappa shape index (κ1) is 19.1. The Morgan fingerprint density at radius 1 is 1.32 bits per heavy atom. The zero-order valence-electron chi connectivity index (χ0n) is 13.5. The third-order valence-corrected chi connectivity index (χ3v) is 4.42. The number of hydrogen-bond donors (Lipinski definition) is 1. The summed E-state index contributed by atoms with van der Waals surface area (Å²) in [5.41, 5.74) is -1.74. The monoisotopic (exact) mass is 367 g/mol. The van der Waals surface area contributed by atoms with Crippen molar-refractivity contribution in [2.24, 2.45) is 0 Å². The Bertz CT molecular complexity index is 840. The van der Waals surface area contributed by atoms with E-state index < -0.39 is 17.3 Å². The fraction of sp³-hybridized carbons (Fsp3) is 0.353. The van der Waals surface area contributed by atoms with Crippen LogP contribution in [0.2, 0.25) is 0 Å². The number of aromatic amines is 1. The van der Waals surface area contributed by atoms with Crippen molar-refractivity contribution in [3.05, 3.63) is 45.7 Å². The number of thioether (sulfide) groups is 1. The summed E-state index contributed by atoms with van der Waals surface area (Å²) >= 11 is 1.31. The number of nitrogens with zero attached hydrogens (tertiary/aromatic N) is 2. The Hall–Kier alpha value is -2.27. The molecule has 1 heterocycles. The second kappa shape index (κ2) is 8.21. The molecule has 25 heavy (non-hydrogen) atoms. The Kier molecular flexibility index (Phi) is 6.26. The van der Waals surface area contributed by atoms with Gasteiger partial charge in [0.15, 0.2) is 5.16 Å². The largest absolute Gasteiger partial charge is 0.416 e. The molecule has 8 heteroatoms. The summed E-state index contributed by atoms with van der Waals surface area (Å²) in [4.78, 5) is 18.8. The lowest BCUT2D eigenvalue weighted by molar-refractivity contribution is -0.137. The molecule has 132 valence electrons. The molecule has 0 fully saturated rings. The van der Waals surface area contributed by atoms with Crippen molar-refractivity contribution in [2.45, 2.75) is 37.5 Å². The molecule has 0 radical (unpaired) electrons. The lowest BCUT2D eigenvalue weighted by atomic mass is 10.0. The molecule has 2 aromatic rings. The van der Waals surface area contributed by atoms with Crippen LogP contribution in [0.5, 0.6) is 0 Å². The lowest BCUT2D eigenvalue weighted by Crippen LogP contribution is -2.15. The summed E-state index contributed by atoms with van der Waals surface area (Å²) in [7, 11) is 0. The molecule has 2 rings (SSSR count). The van der Waals surface area contributed by atoms with Crippen molar-refractivity contribution in [1.29, 1.82) is 5.26 Å². The molecule has 1 aromatic heterocycles. The molecule has 0 aliphatic carbocycles. The van der Waals surface area contributed by atoms with E-state index in [1.54, 1.807) is 6.07 Å². The highest BCUT2D eigenvalue weighted by atomic mass is 32.2. The zero-order valence-corrected chi connectivity index (χ0v) is 14.3. The predicted octanol–water partition coefficient (Wildman–Crippen LogP) is 4.61. The van der Waals surface area contributed by atoms with Gasteiger partial charge in [-0.25, -0.2) is 4.98 Å². The zero-order chi connectivity index (χ0) is 18.4. The van der Waals surface area contributed by atoms with E-state index in [0.29, 0.717) is 5.16 Å². The lowest BCUT2D eigenvalue weighted by Gasteiger charge is -2.10. The molecule has 4 nitrogen and oxygen atoms in total. The summed E-state index contributed by atoms with van der Waals surface area (Å²) in [5.74, 6) is 0.727. The van der Waals surface area contributed by atoms with E-state index in [1.165, 1.54) is 23.9 Å². The number of unbranched alkanes of at least 4 members (excludes halogenated alkanes) is 2. The standard InChI is InChI=1S/C17H16F3N3OS/c1-2-3-4-8-25-16-22-14(13(10-21)15(24)23-16)11-6-5-7-12(9-11)17(18,19)20/h5-7,9H,2-4,8H2,1H3,(H,22,23,24). The van der Waals surface area contributed by atoms with Crippen LogP contribution in [0.25, 0.3) is 11.3 Å². The van der Waals surface area contributed by atoms with Gasteiger partial charge in [0.2, 0.25) is 0 Å². The highest BCUT2D eigenvalue weighted by Gasteiger charge is 2.30. The van der Waals surface area contributed by atoms with E-state index in [4.69, 9.17) is 0 Å². The quantitative estimate of drug-likeness (QED) is 0.460. The number of aromatic nitrogens is 2. The SMILES string of the molecule is CCCCCSc1nc(-c2cccc(C(F)(F)F)c2)c(C#N)c(=O)[nH]1. The molecule has 0 bridgehead atoms. The molecular weight excluding hydrogens is 351 g/mol. The second-order valence-electron chi connectivity index (χ2n) is 5.34. The summed E-state index contributed by atoms with van der Waals surface area (Å²) in [6, 6.07) is 6.20. The first-order valence-electron chi connectivity index (χ1n) is 7.71. The average molecular weight is 367 g/mol. The van der Waals surface area contributed by atoms with Gasteiger partial charge in [0.25, 0.3) is 5.56 Å². The maximum Gasteiger partial charge on any atom is 0.416 e. The molecule has 0 aliphatic heterocycles. The number of benzene rings is 1. The Morgan fingerprint density at radius 2 is 2.08 bits per heavy atom. The van der Waals surface area contributed by atoms with E-state index in [2.05, 4.69) is 16.9 Å². The summed E-state index contributed by atoms with van der Waals surface area (Å²) in [6.45, 7) is 2.07. The van der Waals surface area contributed by atoms with Crippen molar-refractivity contribution < 1.29 is 13.2 Å². The van der Waals surface area contributed by atoms with Gasteiger partial charge in [-0.05, 0) is 18.6 Å². The number of halogens is 3. The minimum Gasteiger partial charge on any atom is -0.300 e. The maximum absolute atomic E-state index is 12.9. The molecular formula is C17H16F3N3OS. The number of H-pyrrole nitrogens is 1. The normalized spacial score (nSPS) is 11.3. The van der Waals surface area contributed by atoms with Gasteiger partial charge in [0.05, 0.1) is 11.3 Å². The highest BCUT2D eigenvalue weighted by Crippen LogP contribution is 2.32. The van der Waals surface area contributed by atoms with Gasteiger partial charge in [-0.15, -0.1) is 0 Å². The van der Waals surface area contributed by atoms with Crippen molar-refractivity contribution in [2.75, 3.05) is 5.75 Å². The topological polar surface area (TPSA) is 69.5 Å². The van der Waals surface area contributed by atoms with Crippen LogP contribution in [0.4, 0.5) is 13.2 Å². The van der Waals surface area contributed by atoms with Crippen LogP contribution in [0, 0.1) is 11.3 Å². The molecule has 0 unspecified atom stereocenters. The van der Waals surface area contributed by atoms with Crippen molar-refractivity contribution in [1.82, 2.24) is 9.97 Å². The van der Waals surface area contributed by atoms with Crippen LogP contribution in [-0.2, 0) is 6.18 Å². The molecule has 0 spiro atoms. The average Bonchev–Trinajstić information content (AvgIpc) is 2.57. The third-order valence-electron chi connectivity index (χ3n) is 3.46. The number of alkyl halides is 3. The van der Waals surface area contributed by atoms with Crippen LogP contribution >= 0.6 is 11.8 Å². The van der Waals surface area contributed by atoms with Crippen LogP contribution in [0.1, 0.15) is 37.3 Å². The highest BCUT2D eigenvalue weighted by molar-refractivity contribution is 7.99. The minimum absolute atomic E-state index is 0.0321. The Balaban J connectivity index is 2.44. The van der Waals surface area contributed by atoms with E-state index in [0.717, 1.165) is 37.1 Å². The van der Waals surface area contributed by atoms with E-state index in [1.807, 2.05) is 0 Å². The van der Waals surface area contributed by atoms with Gasteiger partial charge >= 0.3 is 6.18 Å². The number of rotatable bonds is 6. The molecule has 0 saturated carbocycles. The fourth-order valence-electron chi connectivity index (χ4n) is 2.20. The maximum atomic E-state index is 12.9. The summed E-state index contributed by atoms with van der Waals surface area (Å²) in [6.07, 6.45) is -1.49.